The van der Waals surface area contributed by atoms with Crippen molar-refractivity contribution in [1.82, 2.24) is 9.91 Å². The summed E-state index contributed by atoms with van der Waals surface area (Å²) in [5, 5.41) is 8.79. The maximum atomic E-state index is 13.2. The first-order chi connectivity index (χ1) is 16.9. The molecule has 9 heteroatoms. The molecule has 0 aliphatic carbocycles. The lowest BCUT2D eigenvalue weighted by Gasteiger charge is -2.24. The number of ether oxygens (including phenoxy) is 3. The Hall–Kier alpha value is -3.59. The molecule has 9 nitrogen and oxygen atoms in total. The predicted molar refractivity (Wildman–Crippen MR) is 136 cm³/mol. The van der Waals surface area contributed by atoms with Crippen LogP contribution in [0.1, 0.15) is 42.1 Å². The van der Waals surface area contributed by atoms with E-state index in [1.807, 2.05) is 44.1 Å². The van der Waals surface area contributed by atoms with Gasteiger partial charge < -0.3 is 19.1 Å². The zero-order valence-electron chi connectivity index (χ0n) is 20.9. The highest BCUT2D eigenvalue weighted by Gasteiger charge is 2.22. The molecule has 0 unspecified atom stereocenters. The van der Waals surface area contributed by atoms with Gasteiger partial charge in [-0.2, -0.15) is 5.10 Å². The average Bonchev–Trinajstić information content (AvgIpc) is 2.86. The van der Waals surface area contributed by atoms with Crippen LogP contribution in [-0.4, -0.2) is 75.1 Å². The Labute approximate surface area is 206 Å². The van der Waals surface area contributed by atoms with Crippen LogP contribution in [0.4, 0.5) is 10.5 Å². The van der Waals surface area contributed by atoms with Crippen LogP contribution in [0.15, 0.2) is 47.6 Å². The third kappa shape index (κ3) is 7.45. The summed E-state index contributed by atoms with van der Waals surface area (Å²) in [6.07, 6.45) is 1.74. The first kappa shape index (κ1) is 26.0. The predicted octanol–water partition coefficient (Wildman–Crippen LogP) is 4.23. The fraction of sp³-hybridized carbons (Fsp3) is 0.423. The molecule has 188 valence electrons. The zero-order chi connectivity index (χ0) is 25.2. The smallest absolute Gasteiger partial charge is 0.411 e. The fourth-order valence-corrected chi connectivity index (χ4v) is 3.69. The summed E-state index contributed by atoms with van der Waals surface area (Å²) < 4.78 is 16.3. The van der Waals surface area contributed by atoms with E-state index in [9.17, 15) is 9.59 Å². The van der Waals surface area contributed by atoms with E-state index in [0.29, 0.717) is 42.5 Å². The molecule has 1 aliphatic heterocycles. The molecule has 0 fully saturated rings. The SMILES string of the molecule is CCOc1cc(C2=NN(C(=O)c3cccc(NC(=O)OCCCN(C)C)c3)CCC2)ccc1OC. The van der Waals surface area contributed by atoms with Crippen LogP contribution in [0, 0.1) is 0 Å². The molecule has 0 radical (unpaired) electrons. The van der Waals surface area contributed by atoms with Crippen LogP contribution in [0.2, 0.25) is 0 Å². The molecule has 2 aromatic carbocycles. The molecule has 0 spiro atoms. The standard InChI is InChI=1S/C26H34N4O5/c1-5-34-24-18-19(12-13-23(24)33-4)22-11-7-15-30(28-22)25(31)20-9-6-10-21(17-20)27-26(32)35-16-8-14-29(2)3/h6,9-10,12-13,17-18H,5,7-8,11,14-16H2,1-4H3,(H,27,32). The minimum Gasteiger partial charge on any atom is -0.493 e. The van der Waals surface area contributed by atoms with Gasteiger partial charge >= 0.3 is 6.09 Å². The van der Waals surface area contributed by atoms with Crippen molar-refractivity contribution >= 4 is 23.4 Å². The number of hydrazone groups is 1. The maximum Gasteiger partial charge on any atom is 0.411 e. The van der Waals surface area contributed by atoms with Crippen molar-refractivity contribution in [3.63, 3.8) is 0 Å². The molecule has 35 heavy (non-hydrogen) atoms. The summed E-state index contributed by atoms with van der Waals surface area (Å²) in [4.78, 5) is 27.3. The van der Waals surface area contributed by atoms with Crippen LogP contribution >= 0.6 is 0 Å². The highest BCUT2D eigenvalue weighted by molar-refractivity contribution is 6.03. The lowest BCUT2D eigenvalue weighted by molar-refractivity contribution is 0.0751. The third-order valence-electron chi connectivity index (χ3n) is 5.39. The van der Waals surface area contributed by atoms with Gasteiger partial charge in [0.25, 0.3) is 5.91 Å². The van der Waals surface area contributed by atoms with Gasteiger partial charge in [-0.05, 0) is 76.7 Å². The van der Waals surface area contributed by atoms with Crippen LogP contribution in [0.25, 0.3) is 0 Å². The van der Waals surface area contributed by atoms with E-state index in [1.165, 1.54) is 5.01 Å². The number of hydrogen-bond acceptors (Lipinski definition) is 7. The lowest BCUT2D eigenvalue weighted by atomic mass is 10.0. The quantitative estimate of drug-likeness (QED) is 0.510. The van der Waals surface area contributed by atoms with E-state index < -0.39 is 6.09 Å². The largest absolute Gasteiger partial charge is 0.493 e. The summed E-state index contributed by atoms with van der Waals surface area (Å²) in [5.74, 6) is 1.07. The summed E-state index contributed by atoms with van der Waals surface area (Å²) in [5.41, 5.74) is 2.62. The molecule has 0 saturated carbocycles. The molecular formula is C26H34N4O5. The summed E-state index contributed by atoms with van der Waals surface area (Å²) in [7, 11) is 5.53. The van der Waals surface area contributed by atoms with E-state index in [-0.39, 0.29) is 5.91 Å². The minimum absolute atomic E-state index is 0.233. The van der Waals surface area contributed by atoms with Gasteiger partial charge in [-0.1, -0.05) is 6.07 Å². The highest BCUT2D eigenvalue weighted by Crippen LogP contribution is 2.29. The Morgan fingerprint density at radius 1 is 1.14 bits per heavy atom. The van der Waals surface area contributed by atoms with E-state index >= 15 is 0 Å². The van der Waals surface area contributed by atoms with Gasteiger partial charge in [0, 0.05) is 29.9 Å². The number of methoxy groups -OCH3 is 1. The first-order valence-corrected chi connectivity index (χ1v) is 11.8. The number of benzene rings is 2. The average molecular weight is 483 g/mol. The van der Waals surface area contributed by atoms with Crippen molar-refractivity contribution in [3.05, 3.63) is 53.6 Å². The zero-order valence-corrected chi connectivity index (χ0v) is 20.9. The van der Waals surface area contributed by atoms with Crippen LogP contribution in [0.5, 0.6) is 11.5 Å². The number of rotatable bonds is 10. The second kappa shape index (κ2) is 12.8. The molecule has 2 aromatic rings. The van der Waals surface area contributed by atoms with Gasteiger partial charge in [-0.15, -0.1) is 0 Å². The van der Waals surface area contributed by atoms with Crippen molar-refractivity contribution in [2.45, 2.75) is 26.2 Å². The van der Waals surface area contributed by atoms with Crippen molar-refractivity contribution in [2.24, 2.45) is 5.10 Å². The van der Waals surface area contributed by atoms with Crippen molar-refractivity contribution < 1.29 is 23.8 Å². The summed E-state index contributed by atoms with van der Waals surface area (Å²) in [6.45, 7) is 4.11. The second-order valence-corrected chi connectivity index (χ2v) is 8.38. The molecular weight excluding hydrogens is 448 g/mol. The van der Waals surface area contributed by atoms with Crippen molar-refractivity contribution in [1.29, 1.82) is 0 Å². The van der Waals surface area contributed by atoms with Crippen LogP contribution in [-0.2, 0) is 4.74 Å². The van der Waals surface area contributed by atoms with E-state index in [2.05, 4.69) is 10.4 Å². The molecule has 3 rings (SSSR count). The Morgan fingerprint density at radius 3 is 2.71 bits per heavy atom. The van der Waals surface area contributed by atoms with Crippen LogP contribution in [0.3, 0.4) is 0 Å². The Balaban J connectivity index is 1.68. The summed E-state index contributed by atoms with van der Waals surface area (Å²) in [6, 6.07) is 12.4. The molecule has 0 bridgehead atoms. The monoisotopic (exact) mass is 482 g/mol. The Bertz CT molecular complexity index is 1050. The maximum absolute atomic E-state index is 13.2. The van der Waals surface area contributed by atoms with E-state index in [1.54, 1.807) is 31.4 Å². The highest BCUT2D eigenvalue weighted by atomic mass is 16.5. The third-order valence-corrected chi connectivity index (χ3v) is 5.39. The molecule has 1 N–H and O–H groups in total. The Morgan fingerprint density at radius 2 is 1.97 bits per heavy atom. The number of anilines is 1. The summed E-state index contributed by atoms with van der Waals surface area (Å²) >= 11 is 0. The van der Waals surface area contributed by atoms with E-state index in [0.717, 1.165) is 37.1 Å². The Kier molecular flexibility index (Phi) is 9.48. The topological polar surface area (TPSA) is 92.7 Å². The molecule has 0 aromatic heterocycles. The van der Waals surface area contributed by atoms with Gasteiger partial charge in [-0.25, -0.2) is 9.80 Å². The number of hydrogen-bond donors (Lipinski definition) is 1. The van der Waals surface area contributed by atoms with Gasteiger partial charge in [-0.3, -0.25) is 10.1 Å². The normalized spacial score (nSPS) is 13.3. The number of nitrogens with one attached hydrogen (secondary N) is 1. The van der Waals surface area contributed by atoms with Gasteiger partial charge in [0.2, 0.25) is 0 Å². The molecule has 1 heterocycles. The van der Waals surface area contributed by atoms with Gasteiger partial charge in [0.1, 0.15) is 0 Å². The molecule has 2 amide bonds. The van der Waals surface area contributed by atoms with Crippen molar-refractivity contribution in [2.75, 3.05) is 52.8 Å². The minimum atomic E-state index is -0.545. The van der Waals surface area contributed by atoms with E-state index in [4.69, 9.17) is 14.2 Å². The fourth-order valence-electron chi connectivity index (χ4n) is 3.69. The first-order valence-electron chi connectivity index (χ1n) is 11.8. The van der Waals surface area contributed by atoms with Gasteiger partial charge in [0.15, 0.2) is 11.5 Å². The second-order valence-electron chi connectivity index (χ2n) is 8.38. The van der Waals surface area contributed by atoms with Crippen molar-refractivity contribution in [3.8, 4) is 11.5 Å². The number of carbonyl (C=O) groups excluding carboxylic acids is 2. The number of carbonyl (C=O) groups is 2. The van der Waals surface area contributed by atoms with Crippen LogP contribution < -0.4 is 14.8 Å². The molecule has 1 aliphatic rings. The molecule has 0 saturated heterocycles. The lowest BCUT2D eigenvalue weighted by Crippen LogP contribution is -2.32. The van der Waals surface area contributed by atoms with Gasteiger partial charge in [0.05, 0.1) is 26.0 Å². The molecule has 0 atom stereocenters. The number of amides is 2. The number of nitrogens with zero attached hydrogens (tertiary/aromatic N) is 3.